The van der Waals surface area contributed by atoms with Gasteiger partial charge in [0.15, 0.2) is 0 Å². The zero-order valence-electron chi connectivity index (χ0n) is 17.7. The smallest absolute Gasteiger partial charge is 0.232 e. The molecule has 1 unspecified atom stereocenters. The summed E-state index contributed by atoms with van der Waals surface area (Å²) in [5, 5.41) is 11.2. The van der Waals surface area contributed by atoms with E-state index < -0.39 is 5.41 Å². The van der Waals surface area contributed by atoms with Crippen molar-refractivity contribution in [3.63, 3.8) is 0 Å². The Morgan fingerprint density at radius 1 is 1.13 bits per heavy atom. The third kappa shape index (κ3) is 3.65. The number of piperidine rings is 1. The molecule has 1 aromatic carbocycles. The van der Waals surface area contributed by atoms with Gasteiger partial charge in [-0.2, -0.15) is 4.98 Å². The maximum atomic E-state index is 13.3. The lowest BCUT2D eigenvalue weighted by Crippen LogP contribution is -2.38. The molecule has 1 amide bonds. The lowest BCUT2D eigenvalue weighted by atomic mass is 9.70. The van der Waals surface area contributed by atoms with Crippen LogP contribution in [-0.4, -0.2) is 34.2 Å². The van der Waals surface area contributed by atoms with Crippen LogP contribution >= 0.6 is 11.3 Å². The van der Waals surface area contributed by atoms with E-state index in [4.69, 9.17) is 9.72 Å². The van der Waals surface area contributed by atoms with E-state index in [1.54, 1.807) is 5.51 Å². The minimum atomic E-state index is -0.769. The van der Waals surface area contributed by atoms with Gasteiger partial charge in [0.1, 0.15) is 17.1 Å². The number of carbonyl (C=O) groups is 1. The van der Waals surface area contributed by atoms with Gasteiger partial charge in [-0.3, -0.25) is 4.79 Å². The summed E-state index contributed by atoms with van der Waals surface area (Å²) in [5.74, 6) is 1.96. The Bertz CT molecular complexity index is 1090. The molecule has 0 aliphatic carbocycles. The normalized spacial score (nSPS) is 18.0. The van der Waals surface area contributed by atoms with Crippen molar-refractivity contribution in [1.82, 2.24) is 15.2 Å². The molecular formula is C23H25N5O2S. The standard InChI is InChI=1S/C23H25N5O2S/c1-23(2,21(29)26-22-27-24-14-31-22)19-15-8-4-5-9-17(15)30-20-16(19)10-11-18(25-20)28-12-6-3-7-13-28/h4-5,8-11,14,19H,3,6-7,12-13H2,1-2H3,(H,26,27,29). The summed E-state index contributed by atoms with van der Waals surface area (Å²) in [6, 6.07) is 12.0. The number of para-hydroxylation sites is 1. The first-order valence-corrected chi connectivity index (χ1v) is 11.5. The van der Waals surface area contributed by atoms with E-state index in [1.807, 2.05) is 38.1 Å². The molecule has 4 heterocycles. The summed E-state index contributed by atoms with van der Waals surface area (Å²) in [6.07, 6.45) is 3.64. The zero-order valence-corrected chi connectivity index (χ0v) is 18.5. The summed E-state index contributed by atoms with van der Waals surface area (Å²) in [6.45, 7) is 5.94. The SMILES string of the molecule is CC(C)(C(=O)Nc1nncs1)C1c2ccccc2Oc2nc(N3CCCCC3)ccc21. The largest absolute Gasteiger partial charge is 0.438 e. The van der Waals surface area contributed by atoms with Crippen molar-refractivity contribution in [3.05, 3.63) is 53.0 Å². The quantitative estimate of drug-likeness (QED) is 0.632. The minimum Gasteiger partial charge on any atom is -0.438 e. The van der Waals surface area contributed by atoms with Crippen LogP contribution in [0.4, 0.5) is 10.9 Å². The molecule has 2 aromatic heterocycles. The van der Waals surface area contributed by atoms with E-state index in [2.05, 4.69) is 32.5 Å². The van der Waals surface area contributed by atoms with Crippen LogP contribution in [0.5, 0.6) is 11.6 Å². The molecule has 2 aliphatic heterocycles. The Morgan fingerprint density at radius 3 is 2.71 bits per heavy atom. The number of hydrogen-bond acceptors (Lipinski definition) is 7. The van der Waals surface area contributed by atoms with Crippen molar-refractivity contribution in [2.45, 2.75) is 39.0 Å². The molecule has 1 saturated heterocycles. The first-order valence-electron chi connectivity index (χ1n) is 10.6. The van der Waals surface area contributed by atoms with Gasteiger partial charge in [0, 0.05) is 30.1 Å². The Labute approximate surface area is 185 Å². The van der Waals surface area contributed by atoms with Crippen LogP contribution in [0.1, 0.15) is 50.2 Å². The fourth-order valence-electron chi connectivity index (χ4n) is 4.52. The van der Waals surface area contributed by atoms with E-state index in [0.29, 0.717) is 11.0 Å². The Kier molecular flexibility index (Phi) is 5.09. The molecule has 0 spiro atoms. The number of ether oxygens (including phenoxy) is 1. The highest BCUT2D eigenvalue weighted by Crippen LogP contribution is 2.52. The van der Waals surface area contributed by atoms with Gasteiger partial charge in [-0.1, -0.05) is 43.4 Å². The molecule has 3 aromatic rings. The molecule has 7 nitrogen and oxygen atoms in total. The summed E-state index contributed by atoms with van der Waals surface area (Å²) in [7, 11) is 0. The number of nitrogens with zero attached hydrogens (tertiary/aromatic N) is 4. The lowest BCUT2D eigenvalue weighted by Gasteiger charge is -2.38. The van der Waals surface area contributed by atoms with Gasteiger partial charge in [0.05, 0.1) is 5.41 Å². The lowest BCUT2D eigenvalue weighted by molar-refractivity contribution is -0.124. The number of fused-ring (bicyclic) bond motifs is 2. The number of benzene rings is 1. The number of aromatic nitrogens is 3. The molecule has 0 saturated carbocycles. The predicted octanol–water partition coefficient (Wildman–Crippen LogP) is 4.83. The molecule has 31 heavy (non-hydrogen) atoms. The van der Waals surface area contributed by atoms with Crippen LogP contribution in [0.2, 0.25) is 0 Å². The Balaban J connectivity index is 1.54. The third-order valence-corrected chi connectivity index (χ3v) is 6.80. The van der Waals surface area contributed by atoms with Gasteiger partial charge in [-0.25, -0.2) is 0 Å². The number of hydrogen-bond donors (Lipinski definition) is 1. The van der Waals surface area contributed by atoms with Crippen LogP contribution in [0.15, 0.2) is 41.9 Å². The second-order valence-electron chi connectivity index (χ2n) is 8.60. The monoisotopic (exact) mass is 435 g/mol. The molecule has 160 valence electrons. The minimum absolute atomic E-state index is 0.114. The number of pyridine rings is 1. The van der Waals surface area contributed by atoms with E-state index >= 15 is 0 Å². The highest BCUT2D eigenvalue weighted by molar-refractivity contribution is 7.13. The zero-order chi connectivity index (χ0) is 21.4. The van der Waals surface area contributed by atoms with Crippen molar-refractivity contribution in [2.24, 2.45) is 5.41 Å². The van der Waals surface area contributed by atoms with Crippen molar-refractivity contribution < 1.29 is 9.53 Å². The van der Waals surface area contributed by atoms with Crippen molar-refractivity contribution in [2.75, 3.05) is 23.3 Å². The molecule has 1 fully saturated rings. The van der Waals surface area contributed by atoms with Crippen LogP contribution in [0.25, 0.3) is 0 Å². The molecule has 0 bridgehead atoms. The van der Waals surface area contributed by atoms with Crippen molar-refractivity contribution >= 4 is 28.2 Å². The van der Waals surface area contributed by atoms with Gasteiger partial charge in [0.25, 0.3) is 0 Å². The average molecular weight is 436 g/mol. The Morgan fingerprint density at radius 2 is 1.94 bits per heavy atom. The second-order valence-corrected chi connectivity index (χ2v) is 9.44. The summed E-state index contributed by atoms with van der Waals surface area (Å²) in [5.41, 5.74) is 2.75. The van der Waals surface area contributed by atoms with E-state index in [1.165, 1.54) is 30.6 Å². The van der Waals surface area contributed by atoms with Gasteiger partial charge in [-0.15, -0.1) is 10.2 Å². The Hall–Kier alpha value is -3.00. The van der Waals surface area contributed by atoms with E-state index in [0.717, 1.165) is 35.8 Å². The second kappa shape index (κ2) is 7.92. The highest BCUT2D eigenvalue weighted by atomic mass is 32.1. The van der Waals surface area contributed by atoms with Crippen LogP contribution in [-0.2, 0) is 4.79 Å². The molecule has 1 N–H and O–H groups in total. The number of nitrogens with one attached hydrogen (secondary N) is 1. The maximum absolute atomic E-state index is 13.3. The first-order chi connectivity index (χ1) is 15.0. The number of amides is 1. The topological polar surface area (TPSA) is 80.2 Å². The molecule has 8 heteroatoms. The number of carbonyl (C=O) groups excluding carboxylic acids is 1. The van der Waals surface area contributed by atoms with Crippen LogP contribution in [0, 0.1) is 5.41 Å². The van der Waals surface area contributed by atoms with Crippen molar-refractivity contribution in [3.8, 4) is 11.6 Å². The summed E-state index contributed by atoms with van der Waals surface area (Å²) < 4.78 is 6.23. The molecule has 0 radical (unpaired) electrons. The predicted molar refractivity (Wildman–Crippen MR) is 121 cm³/mol. The van der Waals surface area contributed by atoms with E-state index in [-0.39, 0.29) is 11.8 Å². The molecule has 2 aliphatic rings. The number of rotatable bonds is 4. The van der Waals surface area contributed by atoms with Gasteiger partial charge >= 0.3 is 0 Å². The van der Waals surface area contributed by atoms with Crippen molar-refractivity contribution in [1.29, 1.82) is 0 Å². The van der Waals surface area contributed by atoms with Crippen LogP contribution < -0.4 is 15.0 Å². The van der Waals surface area contributed by atoms with Crippen LogP contribution in [0.3, 0.4) is 0 Å². The maximum Gasteiger partial charge on any atom is 0.232 e. The highest BCUT2D eigenvalue weighted by Gasteiger charge is 2.44. The molecule has 5 rings (SSSR count). The van der Waals surface area contributed by atoms with Gasteiger partial charge < -0.3 is 15.0 Å². The summed E-state index contributed by atoms with van der Waals surface area (Å²) in [4.78, 5) is 20.5. The first kappa shape index (κ1) is 19.9. The van der Waals surface area contributed by atoms with Gasteiger partial charge in [0.2, 0.25) is 16.9 Å². The fourth-order valence-corrected chi connectivity index (χ4v) is 4.96. The molecule has 1 atom stereocenters. The van der Waals surface area contributed by atoms with E-state index in [9.17, 15) is 4.79 Å². The molecular weight excluding hydrogens is 410 g/mol. The average Bonchev–Trinajstić information content (AvgIpc) is 3.30. The fraction of sp³-hybridized carbons (Fsp3) is 0.391. The number of anilines is 2. The third-order valence-electron chi connectivity index (χ3n) is 6.19. The summed E-state index contributed by atoms with van der Waals surface area (Å²) >= 11 is 1.31. The van der Waals surface area contributed by atoms with Gasteiger partial charge in [-0.05, 0) is 37.5 Å².